The highest BCUT2D eigenvalue weighted by atomic mass is 35.5. The Bertz CT molecular complexity index is 564. The van der Waals surface area contributed by atoms with Crippen molar-refractivity contribution in [1.82, 2.24) is 20.0 Å². The van der Waals surface area contributed by atoms with Crippen LogP contribution in [0.15, 0.2) is 12.4 Å². The summed E-state index contributed by atoms with van der Waals surface area (Å²) in [5.41, 5.74) is 1.17. The predicted molar refractivity (Wildman–Crippen MR) is 88.6 cm³/mol. The molecule has 3 aliphatic rings. The Morgan fingerprint density at radius 3 is 3.04 bits per heavy atom. The third-order valence-electron chi connectivity index (χ3n) is 5.45. The van der Waals surface area contributed by atoms with Gasteiger partial charge in [0.25, 0.3) is 0 Å². The van der Waals surface area contributed by atoms with E-state index in [0.717, 1.165) is 32.5 Å². The van der Waals surface area contributed by atoms with Crippen molar-refractivity contribution < 1.29 is 9.53 Å². The number of amides is 1. The van der Waals surface area contributed by atoms with E-state index in [1.54, 1.807) is 0 Å². The molecule has 0 radical (unpaired) electrons. The summed E-state index contributed by atoms with van der Waals surface area (Å²) in [6.45, 7) is 3.06. The van der Waals surface area contributed by atoms with Gasteiger partial charge in [-0.2, -0.15) is 5.10 Å². The maximum absolute atomic E-state index is 13.1. The molecule has 3 heterocycles. The molecular formula is C16H25ClN4O2. The predicted octanol–water partition coefficient (Wildman–Crippen LogP) is 0.925. The van der Waals surface area contributed by atoms with Crippen molar-refractivity contribution in [2.24, 2.45) is 13.0 Å². The van der Waals surface area contributed by atoms with Gasteiger partial charge in [-0.3, -0.25) is 9.48 Å². The van der Waals surface area contributed by atoms with Crippen molar-refractivity contribution in [3.8, 4) is 0 Å². The molecule has 2 unspecified atom stereocenters. The summed E-state index contributed by atoms with van der Waals surface area (Å²) in [6.07, 6.45) is 7.57. The lowest BCUT2D eigenvalue weighted by Gasteiger charge is -2.39. The van der Waals surface area contributed by atoms with E-state index in [9.17, 15) is 4.79 Å². The van der Waals surface area contributed by atoms with Crippen LogP contribution in [0.3, 0.4) is 0 Å². The molecule has 1 aromatic rings. The monoisotopic (exact) mass is 340 g/mol. The molecule has 1 aromatic heterocycles. The van der Waals surface area contributed by atoms with Gasteiger partial charge in [0.1, 0.15) is 0 Å². The van der Waals surface area contributed by atoms with E-state index in [2.05, 4.69) is 15.3 Å². The van der Waals surface area contributed by atoms with E-state index in [4.69, 9.17) is 4.74 Å². The second-order valence-corrected chi connectivity index (χ2v) is 6.76. The Morgan fingerprint density at radius 1 is 1.39 bits per heavy atom. The number of nitrogens with zero attached hydrogens (tertiary/aromatic N) is 3. The Balaban J connectivity index is 0.00000156. The third-order valence-corrected chi connectivity index (χ3v) is 5.45. The molecule has 7 heteroatoms. The van der Waals surface area contributed by atoms with Gasteiger partial charge in [0.15, 0.2) is 0 Å². The van der Waals surface area contributed by atoms with Crippen LogP contribution < -0.4 is 5.32 Å². The average Bonchev–Trinajstić information content (AvgIpc) is 3.25. The van der Waals surface area contributed by atoms with Crippen molar-refractivity contribution >= 4 is 18.3 Å². The summed E-state index contributed by atoms with van der Waals surface area (Å²) in [4.78, 5) is 15.3. The van der Waals surface area contributed by atoms with Crippen LogP contribution in [0.2, 0.25) is 0 Å². The molecule has 4 atom stereocenters. The van der Waals surface area contributed by atoms with Crippen LogP contribution in [0.4, 0.5) is 0 Å². The fourth-order valence-electron chi connectivity index (χ4n) is 4.33. The van der Waals surface area contributed by atoms with Crippen molar-refractivity contribution in [2.75, 3.05) is 26.2 Å². The second-order valence-electron chi connectivity index (χ2n) is 6.76. The number of morpholine rings is 1. The Kier molecular flexibility index (Phi) is 4.94. The maximum Gasteiger partial charge on any atom is 0.228 e. The average molecular weight is 341 g/mol. The van der Waals surface area contributed by atoms with E-state index >= 15 is 0 Å². The quantitative estimate of drug-likeness (QED) is 0.870. The van der Waals surface area contributed by atoms with Crippen LogP contribution in [-0.2, 0) is 16.6 Å². The van der Waals surface area contributed by atoms with Gasteiger partial charge >= 0.3 is 0 Å². The van der Waals surface area contributed by atoms with Gasteiger partial charge < -0.3 is 15.0 Å². The third kappa shape index (κ3) is 2.99. The molecule has 1 N–H and O–H groups in total. The molecule has 2 aliphatic heterocycles. The molecular weight excluding hydrogens is 316 g/mol. The number of halogens is 1. The van der Waals surface area contributed by atoms with Crippen LogP contribution in [0.25, 0.3) is 0 Å². The molecule has 0 spiro atoms. The Morgan fingerprint density at radius 2 is 2.26 bits per heavy atom. The van der Waals surface area contributed by atoms with Gasteiger partial charge in [0.05, 0.1) is 30.9 Å². The number of fused-ring (bicyclic) bond motifs is 1. The van der Waals surface area contributed by atoms with E-state index in [1.165, 1.54) is 12.0 Å². The summed E-state index contributed by atoms with van der Waals surface area (Å²) >= 11 is 0. The fourth-order valence-corrected chi connectivity index (χ4v) is 4.33. The molecule has 6 nitrogen and oxygen atoms in total. The number of carbonyl (C=O) groups is 1. The van der Waals surface area contributed by atoms with Crippen molar-refractivity contribution in [3.63, 3.8) is 0 Å². The number of ether oxygens (including phenoxy) is 1. The number of nitrogens with one attached hydrogen (secondary N) is 1. The fraction of sp³-hybridized carbons (Fsp3) is 0.750. The normalized spacial score (nSPS) is 33.3. The highest BCUT2D eigenvalue weighted by Crippen LogP contribution is 2.34. The topological polar surface area (TPSA) is 59.4 Å². The van der Waals surface area contributed by atoms with E-state index in [1.807, 2.05) is 24.1 Å². The molecule has 3 fully saturated rings. The molecule has 4 rings (SSSR count). The smallest absolute Gasteiger partial charge is 0.228 e. The van der Waals surface area contributed by atoms with Gasteiger partial charge in [0, 0.05) is 38.8 Å². The minimum Gasteiger partial charge on any atom is -0.374 e. The number of rotatable bonds is 2. The minimum absolute atomic E-state index is 0. The molecule has 0 bridgehead atoms. The summed E-state index contributed by atoms with van der Waals surface area (Å²) in [5, 5.41) is 7.66. The van der Waals surface area contributed by atoms with Crippen LogP contribution in [-0.4, -0.2) is 59.0 Å². The lowest BCUT2D eigenvalue weighted by molar-refractivity contribution is -0.148. The highest BCUT2D eigenvalue weighted by Gasteiger charge is 2.43. The molecule has 1 amide bonds. The highest BCUT2D eigenvalue weighted by molar-refractivity contribution is 5.85. The maximum atomic E-state index is 13.1. The molecule has 0 aromatic carbocycles. The molecule has 23 heavy (non-hydrogen) atoms. The number of aryl methyl sites for hydroxylation is 1. The first-order valence-corrected chi connectivity index (χ1v) is 8.35. The van der Waals surface area contributed by atoms with Crippen LogP contribution in [0.5, 0.6) is 0 Å². The SMILES string of the molecule is Cl.Cn1cc([C@H]2CNC[C@@H]2C(=O)N2CCOC3CCCC32)cn1. The van der Waals surface area contributed by atoms with E-state index < -0.39 is 0 Å². The first-order chi connectivity index (χ1) is 10.7. The lowest BCUT2D eigenvalue weighted by Crippen LogP contribution is -2.53. The van der Waals surface area contributed by atoms with Gasteiger partial charge in [-0.25, -0.2) is 0 Å². The zero-order chi connectivity index (χ0) is 15.1. The zero-order valence-electron chi connectivity index (χ0n) is 13.5. The number of hydrogen-bond acceptors (Lipinski definition) is 4. The molecule has 128 valence electrons. The summed E-state index contributed by atoms with van der Waals surface area (Å²) in [6, 6.07) is 0.302. The van der Waals surface area contributed by atoms with Crippen LogP contribution >= 0.6 is 12.4 Å². The van der Waals surface area contributed by atoms with Crippen LogP contribution in [0, 0.1) is 5.92 Å². The minimum atomic E-state index is 0. The van der Waals surface area contributed by atoms with Gasteiger partial charge in [-0.1, -0.05) is 0 Å². The van der Waals surface area contributed by atoms with Crippen molar-refractivity contribution in [1.29, 1.82) is 0 Å². The number of hydrogen-bond donors (Lipinski definition) is 1. The standard InChI is InChI=1S/C16H24N4O2.ClH/c1-19-10-11(7-18-19)12-8-17-9-13(12)16(21)20-5-6-22-15-4-2-3-14(15)20;/h7,10,12-15,17H,2-6,8-9H2,1H3;1H/t12-,13+,14?,15?;/m1./s1. The number of carbonyl (C=O) groups excluding carboxylic acids is 1. The number of aromatic nitrogens is 2. The molecule has 1 saturated carbocycles. The van der Waals surface area contributed by atoms with E-state index in [0.29, 0.717) is 18.6 Å². The largest absolute Gasteiger partial charge is 0.374 e. The van der Waals surface area contributed by atoms with Crippen molar-refractivity contribution in [2.45, 2.75) is 37.3 Å². The first-order valence-electron chi connectivity index (χ1n) is 8.35. The molecule has 1 aliphatic carbocycles. The Hall–Kier alpha value is -1.11. The summed E-state index contributed by atoms with van der Waals surface area (Å²) < 4.78 is 7.65. The van der Waals surface area contributed by atoms with Gasteiger partial charge in [0.2, 0.25) is 5.91 Å². The lowest BCUT2D eigenvalue weighted by atomic mass is 9.89. The second kappa shape index (κ2) is 6.79. The van der Waals surface area contributed by atoms with E-state index in [-0.39, 0.29) is 30.3 Å². The van der Waals surface area contributed by atoms with Crippen LogP contribution in [0.1, 0.15) is 30.7 Å². The van der Waals surface area contributed by atoms with Gasteiger partial charge in [-0.15, -0.1) is 12.4 Å². The summed E-state index contributed by atoms with van der Waals surface area (Å²) in [5.74, 6) is 0.575. The Labute approximate surface area is 143 Å². The van der Waals surface area contributed by atoms with Gasteiger partial charge in [-0.05, 0) is 24.8 Å². The zero-order valence-corrected chi connectivity index (χ0v) is 14.3. The molecule has 2 saturated heterocycles. The summed E-state index contributed by atoms with van der Waals surface area (Å²) in [7, 11) is 1.92. The first kappa shape index (κ1) is 16.7. The van der Waals surface area contributed by atoms with Crippen molar-refractivity contribution in [3.05, 3.63) is 18.0 Å².